The second kappa shape index (κ2) is 6.52. The van der Waals surface area contributed by atoms with Gasteiger partial charge in [-0.25, -0.2) is 9.97 Å². The lowest BCUT2D eigenvalue weighted by atomic mass is 10.1. The summed E-state index contributed by atoms with van der Waals surface area (Å²) < 4.78 is 0. The zero-order chi connectivity index (χ0) is 14.5. The van der Waals surface area contributed by atoms with Crippen LogP contribution in [0.4, 0.5) is 5.69 Å². The van der Waals surface area contributed by atoms with E-state index in [0.717, 1.165) is 22.5 Å². The van der Waals surface area contributed by atoms with Gasteiger partial charge in [0, 0.05) is 17.6 Å². The number of hydrogen-bond acceptors (Lipinski definition) is 4. The Morgan fingerprint density at radius 1 is 1.20 bits per heavy atom. The zero-order valence-corrected chi connectivity index (χ0v) is 12.6. The van der Waals surface area contributed by atoms with Gasteiger partial charge in [0.2, 0.25) is 5.91 Å². The number of aromatic nitrogens is 2. The third kappa shape index (κ3) is 4.35. The first-order valence-corrected chi connectivity index (χ1v) is 7.32. The van der Waals surface area contributed by atoms with Crippen molar-refractivity contribution in [2.45, 2.75) is 25.9 Å². The zero-order valence-electron chi connectivity index (χ0n) is 11.8. The molecule has 0 aliphatic rings. The summed E-state index contributed by atoms with van der Waals surface area (Å²) >= 11 is 1.34. The molecule has 1 heterocycles. The molecule has 4 nitrogen and oxygen atoms in total. The molecular formula is C15H17N3OS. The molecule has 1 N–H and O–H groups in total. The topological polar surface area (TPSA) is 54.9 Å². The van der Waals surface area contributed by atoms with E-state index in [0.29, 0.717) is 10.9 Å². The molecule has 1 aromatic carbocycles. The van der Waals surface area contributed by atoms with Gasteiger partial charge in [0.1, 0.15) is 0 Å². The van der Waals surface area contributed by atoms with Crippen molar-refractivity contribution >= 4 is 23.4 Å². The lowest BCUT2D eigenvalue weighted by molar-refractivity contribution is -0.113. The first-order chi connectivity index (χ1) is 9.52. The van der Waals surface area contributed by atoms with Gasteiger partial charge in [-0.15, -0.1) is 0 Å². The lowest BCUT2D eigenvalue weighted by Crippen LogP contribution is -2.14. The normalized spacial score (nSPS) is 10.3. The van der Waals surface area contributed by atoms with Gasteiger partial charge in [-0.1, -0.05) is 17.8 Å². The maximum Gasteiger partial charge on any atom is 0.234 e. The van der Waals surface area contributed by atoms with Crippen molar-refractivity contribution in [3.8, 4) is 0 Å². The summed E-state index contributed by atoms with van der Waals surface area (Å²) in [5.74, 6) is 0.251. The van der Waals surface area contributed by atoms with Crippen molar-refractivity contribution in [2.24, 2.45) is 0 Å². The molecule has 2 rings (SSSR count). The molecule has 2 aromatic rings. The number of carbonyl (C=O) groups is 1. The number of benzene rings is 1. The molecule has 1 aromatic heterocycles. The van der Waals surface area contributed by atoms with Crippen LogP contribution < -0.4 is 5.32 Å². The van der Waals surface area contributed by atoms with Crippen molar-refractivity contribution < 1.29 is 4.79 Å². The van der Waals surface area contributed by atoms with E-state index in [-0.39, 0.29) is 5.91 Å². The van der Waals surface area contributed by atoms with Crippen molar-refractivity contribution in [2.75, 3.05) is 11.1 Å². The first kappa shape index (κ1) is 14.5. The van der Waals surface area contributed by atoms with Crippen LogP contribution >= 0.6 is 11.8 Å². The van der Waals surface area contributed by atoms with E-state index in [4.69, 9.17) is 0 Å². The minimum atomic E-state index is -0.0508. The SMILES string of the molecule is Cc1cc(C)cc(NC(=O)CSc2nccc(C)n2)c1. The number of nitrogens with zero attached hydrogens (tertiary/aromatic N) is 2. The molecule has 0 spiro atoms. The van der Waals surface area contributed by atoms with Crippen molar-refractivity contribution in [3.05, 3.63) is 47.3 Å². The van der Waals surface area contributed by atoms with Crippen LogP contribution in [0.5, 0.6) is 0 Å². The average molecular weight is 287 g/mol. The highest BCUT2D eigenvalue weighted by Gasteiger charge is 2.06. The summed E-state index contributed by atoms with van der Waals surface area (Å²) in [5.41, 5.74) is 4.00. The quantitative estimate of drug-likeness (QED) is 0.693. The van der Waals surface area contributed by atoms with E-state index in [1.807, 2.05) is 39.0 Å². The number of rotatable bonds is 4. The van der Waals surface area contributed by atoms with Gasteiger partial charge in [-0.3, -0.25) is 4.79 Å². The standard InChI is InChI=1S/C15H17N3OS/c1-10-6-11(2)8-13(7-10)18-14(19)9-20-15-16-5-4-12(3)17-15/h4-8H,9H2,1-3H3,(H,18,19). The molecule has 5 heteroatoms. The number of thioether (sulfide) groups is 1. The maximum absolute atomic E-state index is 11.9. The summed E-state index contributed by atoms with van der Waals surface area (Å²) in [4.78, 5) is 20.3. The Balaban J connectivity index is 1.92. The second-order valence-corrected chi connectivity index (χ2v) is 5.64. The Labute approximate surface area is 123 Å². The lowest BCUT2D eigenvalue weighted by Gasteiger charge is -2.07. The average Bonchev–Trinajstić information content (AvgIpc) is 2.35. The monoisotopic (exact) mass is 287 g/mol. The van der Waals surface area contributed by atoms with E-state index in [1.54, 1.807) is 6.20 Å². The summed E-state index contributed by atoms with van der Waals surface area (Å²) in [6.45, 7) is 5.93. The maximum atomic E-state index is 11.9. The van der Waals surface area contributed by atoms with E-state index in [2.05, 4.69) is 21.4 Å². The molecule has 0 saturated carbocycles. The Hall–Kier alpha value is -1.88. The molecule has 20 heavy (non-hydrogen) atoms. The van der Waals surface area contributed by atoms with Crippen LogP contribution in [0, 0.1) is 20.8 Å². The van der Waals surface area contributed by atoms with Gasteiger partial charge in [0.15, 0.2) is 5.16 Å². The van der Waals surface area contributed by atoms with E-state index in [9.17, 15) is 4.79 Å². The summed E-state index contributed by atoms with van der Waals surface area (Å²) in [6, 6.07) is 7.82. The molecular weight excluding hydrogens is 270 g/mol. The van der Waals surface area contributed by atoms with Crippen LogP contribution in [0.3, 0.4) is 0 Å². The largest absolute Gasteiger partial charge is 0.325 e. The predicted molar refractivity (Wildman–Crippen MR) is 82.0 cm³/mol. The molecule has 0 unspecified atom stereocenters. The number of hydrogen-bond donors (Lipinski definition) is 1. The van der Waals surface area contributed by atoms with Gasteiger partial charge in [-0.05, 0) is 50.1 Å². The number of aryl methyl sites for hydroxylation is 3. The van der Waals surface area contributed by atoms with E-state index >= 15 is 0 Å². The van der Waals surface area contributed by atoms with Crippen molar-refractivity contribution in [1.82, 2.24) is 9.97 Å². The highest BCUT2D eigenvalue weighted by Crippen LogP contribution is 2.16. The van der Waals surface area contributed by atoms with Crippen LogP contribution in [0.2, 0.25) is 0 Å². The Morgan fingerprint density at radius 3 is 2.55 bits per heavy atom. The minimum absolute atomic E-state index is 0.0508. The van der Waals surface area contributed by atoms with Gasteiger partial charge in [0.25, 0.3) is 0 Å². The summed E-state index contributed by atoms with van der Waals surface area (Å²) in [7, 11) is 0. The fourth-order valence-electron chi connectivity index (χ4n) is 1.87. The molecule has 0 aliphatic heterocycles. The third-order valence-electron chi connectivity index (χ3n) is 2.61. The number of anilines is 1. The van der Waals surface area contributed by atoms with Crippen LogP contribution in [-0.4, -0.2) is 21.6 Å². The number of nitrogens with one attached hydrogen (secondary N) is 1. The Morgan fingerprint density at radius 2 is 1.90 bits per heavy atom. The van der Waals surface area contributed by atoms with Crippen LogP contribution in [0.1, 0.15) is 16.8 Å². The second-order valence-electron chi connectivity index (χ2n) is 4.69. The van der Waals surface area contributed by atoms with Gasteiger partial charge >= 0.3 is 0 Å². The van der Waals surface area contributed by atoms with Crippen LogP contribution in [0.25, 0.3) is 0 Å². The Bertz CT molecular complexity index is 608. The minimum Gasteiger partial charge on any atom is -0.325 e. The smallest absolute Gasteiger partial charge is 0.234 e. The van der Waals surface area contributed by atoms with Gasteiger partial charge in [0.05, 0.1) is 5.75 Å². The summed E-state index contributed by atoms with van der Waals surface area (Å²) in [5, 5.41) is 3.52. The molecule has 0 radical (unpaired) electrons. The highest BCUT2D eigenvalue weighted by atomic mass is 32.2. The fourth-order valence-corrected chi connectivity index (χ4v) is 2.55. The molecule has 0 fully saturated rings. The van der Waals surface area contributed by atoms with Gasteiger partial charge < -0.3 is 5.32 Å². The summed E-state index contributed by atoms with van der Waals surface area (Å²) in [6.07, 6.45) is 1.70. The van der Waals surface area contributed by atoms with Gasteiger partial charge in [-0.2, -0.15) is 0 Å². The highest BCUT2D eigenvalue weighted by molar-refractivity contribution is 7.99. The molecule has 0 aliphatic carbocycles. The van der Waals surface area contributed by atoms with Crippen LogP contribution in [-0.2, 0) is 4.79 Å². The van der Waals surface area contributed by atoms with E-state index in [1.165, 1.54) is 11.8 Å². The van der Waals surface area contributed by atoms with Crippen molar-refractivity contribution in [3.63, 3.8) is 0 Å². The number of carbonyl (C=O) groups excluding carboxylic acids is 1. The number of amides is 1. The molecule has 0 bridgehead atoms. The molecule has 0 saturated heterocycles. The third-order valence-corrected chi connectivity index (χ3v) is 3.47. The molecule has 1 amide bonds. The van der Waals surface area contributed by atoms with Crippen LogP contribution in [0.15, 0.2) is 35.6 Å². The fraction of sp³-hybridized carbons (Fsp3) is 0.267. The van der Waals surface area contributed by atoms with Crippen molar-refractivity contribution in [1.29, 1.82) is 0 Å². The predicted octanol–water partition coefficient (Wildman–Crippen LogP) is 3.13. The first-order valence-electron chi connectivity index (χ1n) is 6.33. The molecule has 0 atom stereocenters. The van der Waals surface area contributed by atoms with E-state index < -0.39 is 0 Å². The molecule has 104 valence electrons. The Kier molecular flexibility index (Phi) is 4.74.